The third-order valence-corrected chi connectivity index (χ3v) is 7.81. The first-order valence-corrected chi connectivity index (χ1v) is 10.6. The zero-order valence-electron chi connectivity index (χ0n) is 15.6. The summed E-state index contributed by atoms with van der Waals surface area (Å²) in [5.41, 5.74) is 1.62. The fourth-order valence-corrected chi connectivity index (χ4v) is 6.08. The van der Waals surface area contributed by atoms with E-state index in [4.69, 9.17) is 0 Å². The molecule has 0 aromatic carbocycles. The van der Waals surface area contributed by atoms with Gasteiger partial charge in [0.1, 0.15) is 0 Å². The van der Waals surface area contributed by atoms with Crippen molar-refractivity contribution in [1.29, 1.82) is 0 Å². The molecule has 2 heteroatoms. The molecule has 4 aliphatic rings. The van der Waals surface area contributed by atoms with E-state index in [0.29, 0.717) is 5.92 Å². The van der Waals surface area contributed by atoms with Crippen LogP contribution in [0.5, 0.6) is 0 Å². The predicted molar refractivity (Wildman–Crippen MR) is 96.1 cm³/mol. The van der Waals surface area contributed by atoms with Crippen molar-refractivity contribution in [3.05, 3.63) is 11.6 Å². The third-order valence-electron chi connectivity index (χ3n) is 7.81. The summed E-state index contributed by atoms with van der Waals surface area (Å²) in [6.45, 7) is 2.29. The van der Waals surface area contributed by atoms with Gasteiger partial charge in [-0.05, 0) is 107 Å². The Kier molecular flexibility index (Phi) is 7.06. The van der Waals surface area contributed by atoms with Crippen LogP contribution in [0.1, 0.15) is 84.0 Å². The van der Waals surface area contributed by atoms with Crippen LogP contribution in [0.15, 0.2) is 11.6 Å². The first kappa shape index (κ1) is 19.6. The van der Waals surface area contributed by atoms with Crippen LogP contribution in [0.4, 0.5) is 0 Å². The summed E-state index contributed by atoms with van der Waals surface area (Å²) in [5, 5.41) is 10.5. The molecule has 4 atom stereocenters. The SMILES string of the molecule is CC1CCC(C2=CCC(C3CCC(C4CC4)CC3)CC2)C(O)C1.[Y]. The Morgan fingerprint density at radius 2 is 1.38 bits per heavy atom. The van der Waals surface area contributed by atoms with E-state index >= 15 is 0 Å². The first-order chi connectivity index (χ1) is 11.2. The number of hydrogen-bond donors (Lipinski definition) is 1. The van der Waals surface area contributed by atoms with Crippen molar-refractivity contribution in [3.63, 3.8) is 0 Å². The molecule has 1 nitrogen and oxygen atoms in total. The van der Waals surface area contributed by atoms with Crippen LogP contribution in [-0.4, -0.2) is 11.2 Å². The predicted octanol–water partition coefficient (Wildman–Crippen LogP) is 5.72. The number of aliphatic hydroxyl groups excluding tert-OH is 1. The van der Waals surface area contributed by atoms with Crippen molar-refractivity contribution in [2.24, 2.45) is 35.5 Å². The Balaban J connectivity index is 0.00000169. The van der Waals surface area contributed by atoms with Crippen LogP contribution < -0.4 is 0 Å². The second-order valence-electron chi connectivity index (χ2n) is 9.42. The minimum Gasteiger partial charge on any atom is -0.392 e. The number of rotatable bonds is 3. The monoisotopic (exact) mass is 405 g/mol. The van der Waals surface area contributed by atoms with Gasteiger partial charge >= 0.3 is 0 Å². The molecule has 4 unspecified atom stereocenters. The zero-order chi connectivity index (χ0) is 15.8. The zero-order valence-corrected chi connectivity index (χ0v) is 18.5. The van der Waals surface area contributed by atoms with E-state index in [9.17, 15) is 5.11 Å². The summed E-state index contributed by atoms with van der Waals surface area (Å²) in [4.78, 5) is 0. The molecule has 0 spiro atoms. The molecule has 4 aliphatic carbocycles. The smallest absolute Gasteiger partial charge is 0.0608 e. The Morgan fingerprint density at radius 3 is 1.88 bits per heavy atom. The maximum atomic E-state index is 10.5. The van der Waals surface area contributed by atoms with Gasteiger partial charge in [-0.2, -0.15) is 0 Å². The molecule has 0 heterocycles. The van der Waals surface area contributed by atoms with Crippen molar-refractivity contribution in [3.8, 4) is 0 Å². The van der Waals surface area contributed by atoms with Gasteiger partial charge in [0.05, 0.1) is 6.10 Å². The van der Waals surface area contributed by atoms with Gasteiger partial charge in [-0.3, -0.25) is 0 Å². The van der Waals surface area contributed by atoms with Crippen LogP contribution in [-0.2, 0) is 32.7 Å². The second kappa shape index (κ2) is 8.66. The van der Waals surface area contributed by atoms with E-state index in [1.54, 1.807) is 5.57 Å². The normalized spacial score (nSPS) is 43.7. The Hall–Kier alpha value is 0.804. The van der Waals surface area contributed by atoms with E-state index in [1.165, 1.54) is 70.6 Å². The Bertz CT molecular complexity index is 433. The minimum atomic E-state index is -0.0597. The number of hydrogen-bond acceptors (Lipinski definition) is 1. The van der Waals surface area contributed by atoms with Crippen molar-refractivity contribution in [2.75, 3.05) is 0 Å². The summed E-state index contributed by atoms with van der Waals surface area (Å²) < 4.78 is 0. The number of allylic oxidation sites excluding steroid dienone is 1. The van der Waals surface area contributed by atoms with E-state index in [1.807, 2.05) is 0 Å². The molecule has 24 heavy (non-hydrogen) atoms. The van der Waals surface area contributed by atoms with Crippen molar-refractivity contribution in [1.82, 2.24) is 0 Å². The van der Waals surface area contributed by atoms with Gasteiger partial charge in [0.15, 0.2) is 0 Å². The van der Waals surface area contributed by atoms with Crippen molar-refractivity contribution < 1.29 is 37.8 Å². The second-order valence-corrected chi connectivity index (χ2v) is 9.42. The van der Waals surface area contributed by atoms with E-state index < -0.39 is 0 Å². The van der Waals surface area contributed by atoms with Gasteiger partial charge in [0.2, 0.25) is 0 Å². The standard InChI is InChI=1S/C22H36O.Y/c1-15-2-13-21(22(23)14-15)20-11-9-19(10-12-20)18-7-5-17(6-8-18)16-3-4-16;/h11,15-19,21-23H,2-10,12-14H2,1H3;. The maximum absolute atomic E-state index is 10.5. The molecule has 133 valence electrons. The molecule has 4 rings (SSSR count). The molecular formula is C22H36OY. The first-order valence-electron chi connectivity index (χ1n) is 10.6. The molecule has 3 saturated carbocycles. The molecule has 0 aromatic rings. The van der Waals surface area contributed by atoms with Crippen LogP contribution in [0.3, 0.4) is 0 Å². The molecule has 0 bridgehead atoms. The van der Waals surface area contributed by atoms with Gasteiger partial charge in [-0.1, -0.05) is 18.6 Å². The largest absolute Gasteiger partial charge is 0.392 e. The van der Waals surface area contributed by atoms with Gasteiger partial charge in [-0.15, -0.1) is 0 Å². The topological polar surface area (TPSA) is 20.2 Å². The van der Waals surface area contributed by atoms with E-state index in [0.717, 1.165) is 36.0 Å². The minimum absolute atomic E-state index is 0. The molecule has 3 fully saturated rings. The van der Waals surface area contributed by atoms with Gasteiger partial charge in [0, 0.05) is 38.6 Å². The van der Waals surface area contributed by atoms with Crippen LogP contribution in [0.25, 0.3) is 0 Å². The summed E-state index contributed by atoms with van der Waals surface area (Å²) in [6.07, 6.45) is 19.2. The molecule has 1 radical (unpaired) electrons. The molecular weight excluding hydrogens is 369 g/mol. The average molecular weight is 405 g/mol. The summed E-state index contributed by atoms with van der Waals surface area (Å²) in [7, 11) is 0. The molecule has 0 aromatic heterocycles. The summed E-state index contributed by atoms with van der Waals surface area (Å²) >= 11 is 0. The fraction of sp³-hybridized carbons (Fsp3) is 0.909. The molecule has 1 N–H and O–H groups in total. The molecule has 0 saturated heterocycles. The average Bonchev–Trinajstić information content (AvgIpc) is 3.40. The van der Waals surface area contributed by atoms with Crippen LogP contribution >= 0.6 is 0 Å². The van der Waals surface area contributed by atoms with Gasteiger partial charge in [0.25, 0.3) is 0 Å². The maximum Gasteiger partial charge on any atom is 0.0608 e. The van der Waals surface area contributed by atoms with Gasteiger partial charge < -0.3 is 5.11 Å². The van der Waals surface area contributed by atoms with Crippen LogP contribution in [0, 0.1) is 35.5 Å². The Morgan fingerprint density at radius 1 is 0.792 bits per heavy atom. The van der Waals surface area contributed by atoms with Crippen molar-refractivity contribution in [2.45, 2.75) is 90.1 Å². The molecule has 0 amide bonds. The van der Waals surface area contributed by atoms with Crippen LogP contribution in [0.2, 0.25) is 0 Å². The van der Waals surface area contributed by atoms with E-state index in [2.05, 4.69) is 13.0 Å². The molecule has 0 aliphatic heterocycles. The Labute approximate surface area is 174 Å². The summed E-state index contributed by atoms with van der Waals surface area (Å²) in [5.74, 6) is 5.42. The fourth-order valence-electron chi connectivity index (χ4n) is 6.08. The van der Waals surface area contributed by atoms with Crippen molar-refractivity contribution >= 4 is 0 Å². The summed E-state index contributed by atoms with van der Waals surface area (Å²) in [6, 6.07) is 0. The van der Waals surface area contributed by atoms with E-state index in [-0.39, 0.29) is 38.8 Å². The quantitative estimate of drug-likeness (QED) is 0.595. The van der Waals surface area contributed by atoms with Gasteiger partial charge in [-0.25, -0.2) is 0 Å². The third kappa shape index (κ3) is 4.55. The number of aliphatic hydroxyl groups is 1.